The number of benzene rings is 1. The zero-order valence-corrected chi connectivity index (χ0v) is 17.7. The largest absolute Gasteiger partial charge is 0.322 e. The average molecular weight is 426 g/mol. The number of aromatic amines is 1. The zero-order valence-electron chi connectivity index (χ0n) is 16.9. The molecule has 7 nitrogen and oxygen atoms in total. The lowest BCUT2D eigenvalue weighted by Crippen LogP contribution is -2.26. The quantitative estimate of drug-likeness (QED) is 0.351. The zero-order chi connectivity index (χ0) is 20.9. The molecule has 0 saturated carbocycles. The van der Waals surface area contributed by atoms with E-state index in [0.717, 1.165) is 35.5 Å². The Morgan fingerprint density at radius 3 is 2.80 bits per heavy atom. The van der Waals surface area contributed by atoms with Crippen molar-refractivity contribution < 1.29 is 4.39 Å². The van der Waals surface area contributed by atoms with Crippen LogP contribution in [-0.4, -0.2) is 43.3 Å². The minimum Gasteiger partial charge on any atom is -0.322 e. The molecule has 4 aromatic rings. The van der Waals surface area contributed by atoms with Gasteiger partial charge in [0.15, 0.2) is 17.5 Å². The molecule has 0 saturated heterocycles. The van der Waals surface area contributed by atoms with Crippen molar-refractivity contribution >= 4 is 28.9 Å². The van der Waals surface area contributed by atoms with Crippen molar-refractivity contribution in [1.82, 2.24) is 30.1 Å². The molecule has 0 aliphatic heterocycles. The van der Waals surface area contributed by atoms with E-state index in [0.29, 0.717) is 17.5 Å². The summed E-state index contributed by atoms with van der Waals surface area (Å²) in [5, 5.41) is 18.7. The van der Waals surface area contributed by atoms with Crippen LogP contribution in [0, 0.1) is 12.7 Å². The first-order chi connectivity index (χ1) is 14.6. The van der Waals surface area contributed by atoms with Gasteiger partial charge in [0, 0.05) is 18.0 Å². The molecule has 30 heavy (non-hydrogen) atoms. The molecule has 0 spiro atoms. The van der Waals surface area contributed by atoms with Gasteiger partial charge in [-0.05, 0) is 61.7 Å². The summed E-state index contributed by atoms with van der Waals surface area (Å²) in [4.78, 5) is 4.82. The van der Waals surface area contributed by atoms with Gasteiger partial charge in [-0.2, -0.15) is 22.0 Å². The van der Waals surface area contributed by atoms with Crippen LogP contribution in [0.4, 0.5) is 16.0 Å². The molecule has 3 heterocycles. The number of aromatic nitrogens is 5. The third-order valence-electron chi connectivity index (χ3n) is 4.69. The van der Waals surface area contributed by atoms with Crippen LogP contribution < -0.4 is 10.6 Å². The highest BCUT2D eigenvalue weighted by Crippen LogP contribution is 2.25. The van der Waals surface area contributed by atoms with Gasteiger partial charge in [0.1, 0.15) is 11.3 Å². The van der Waals surface area contributed by atoms with Crippen molar-refractivity contribution in [3.05, 3.63) is 71.6 Å². The van der Waals surface area contributed by atoms with Gasteiger partial charge in [0.05, 0.1) is 6.04 Å². The Bertz CT molecular complexity index is 1110. The van der Waals surface area contributed by atoms with Crippen LogP contribution in [0.2, 0.25) is 0 Å². The molecule has 156 valence electrons. The monoisotopic (exact) mass is 425 g/mol. The van der Waals surface area contributed by atoms with Gasteiger partial charge in [0.25, 0.3) is 0 Å². The number of nitrogens with one attached hydrogen (secondary N) is 3. The molecule has 1 atom stereocenters. The lowest BCUT2D eigenvalue weighted by molar-refractivity contribution is 0.560. The highest BCUT2D eigenvalue weighted by atomic mass is 32.2. The van der Waals surface area contributed by atoms with Crippen molar-refractivity contribution in [3.8, 4) is 0 Å². The maximum Gasteiger partial charge on any atom is 0.173 e. The molecule has 0 radical (unpaired) electrons. The molecular weight excluding hydrogens is 401 g/mol. The first-order valence-corrected chi connectivity index (χ1v) is 11.2. The van der Waals surface area contributed by atoms with Crippen molar-refractivity contribution in [3.63, 3.8) is 0 Å². The van der Waals surface area contributed by atoms with Crippen LogP contribution in [0.25, 0.3) is 5.52 Å². The SMILES string of the molecule is CSCCCNC(c1ccc(F)cc1)c1nc(Nc2cc(C)[nH]n2)c2cccn2n1. The van der Waals surface area contributed by atoms with E-state index < -0.39 is 0 Å². The fraction of sp³-hybridized carbons (Fsp3) is 0.286. The number of hydrogen-bond donors (Lipinski definition) is 3. The predicted molar refractivity (Wildman–Crippen MR) is 119 cm³/mol. The van der Waals surface area contributed by atoms with E-state index in [1.54, 1.807) is 16.6 Å². The number of halogens is 1. The number of anilines is 2. The Morgan fingerprint density at radius 2 is 2.07 bits per heavy atom. The Labute approximate surface area is 178 Å². The fourth-order valence-corrected chi connectivity index (χ4v) is 3.68. The second-order valence-electron chi connectivity index (χ2n) is 7.00. The number of nitrogens with zero attached hydrogens (tertiary/aromatic N) is 4. The van der Waals surface area contributed by atoms with Gasteiger partial charge >= 0.3 is 0 Å². The van der Waals surface area contributed by atoms with E-state index in [9.17, 15) is 4.39 Å². The molecular formula is C21H24FN7S. The number of rotatable bonds is 9. The molecule has 0 aliphatic rings. The third kappa shape index (κ3) is 4.63. The maximum absolute atomic E-state index is 13.5. The topological polar surface area (TPSA) is 82.9 Å². The molecule has 0 bridgehead atoms. The molecule has 0 amide bonds. The van der Waals surface area contributed by atoms with Crippen LogP contribution in [0.1, 0.15) is 29.5 Å². The van der Waals surface area contributed by atoms with Crippen LogP contribution >= 0.6 is 11.8 Å². The summed E-state index contributed by atoms with van der Waals surface area (Å²) in [6, 6.07) is 12.0. The van der Waals surface area contributed by atoms with Crippen molar-refractivity contribution in [2.45, 2.75) is 19.4 Å². The van der Waals surface area contributed by atoms with Crippen LogP contribution in [-0.2, 0) is 0 Å². The van der Waals surface area contributed by atoms with E-state index in [1.165, 1.54) is 12.1 Å². The molecule has 3 N–H and O–H groups in total. The second-order valence-corrected chi connectivity index (χ2v) is 7.99. The molecule has 4 rings (SSSR count). The first-order valence-electron chi connectivity index (χ1n) is 9.76. The summed E-state index contributed by atoms with van der Waals surface area (Å²) in [7, 11) is 0. The Kier molecular flexibility index (Phi) is 6.29. The second kappa shape index (κ2) is 9.27. The minimum absolute atomic E-state index is 0.263. The van der Waals surface area contributed by atoms with Crippen molar-refractivity contribution in [2.24, 2.45) is 0 Å². The van der Waals surface area contributed by atoms with Gasteiger partial charge in [-0.3, -0.25) is 5.10 Å². The van der Waals surface area contributed by atoms with E-state index in [-0.39, 0.29) is 11.9 Å². The molecule has 3 aromatic heterocycles. The number of H-pyrrole nitrogens is 1. The summed E-state index contributed by atoms with van der Waals surface area (Å²) in [6.45, 7) is 2.75. The highest BCUT2D eigenvalue weighted by molar-refractivity contribution is 7.98. The Morgan fingerprint density at radius 1 is 1.23 bits per heavy atom. The molecule has 0 fully saturated rings. The summed E-state index contributed by atoms with van der Waals surface area (Å²) < 4.78 is 15.3. The van der Waals surface area contributed by atoms with Crippen molar-refractivity contribution in [2.75, 3.05) is 23.9 Å². The van der Waals surface area contributed by atoms with E-state index >= 15 is 0 Å². The fourth-order valence-electron chi connectivity index (χ4n) is 3.25. The normalized spacial score (nSPS) is 12.4. The van der Waals surface area contributed by atoms with Crippen molar-refractivity contribution in [1.29, 1.82) is 0 Å². The minimum atomic E-state index is -0.266. The standard InChI is InChI=1S/C21H24FN7S/c1-14-13-18(27-26-14)24-20-17-5-3-11-29(17)28-21(25-20)19(23-10-4-12-30-2)15-6-8-16(22)9-7-15/h3,5-9,11,13,19,23H,4,10,12H2,1-2H3,(H2,24,25,26,27,28). The number of fused-ring (bicyclic) bond motifs is 1. The van der Waals surface area contributed by atoms with Gasteiger partial charge < -0.3 is 10.6 Å². The molecule has 1 aromatic carbocycles. The highest BCUT2D eigenvalue weighted by Gasteiger charge is 2.20. The molecule has 0 aliphatic carbocycles. The van der Waals surface area contributed by atoms with Crippen LogP contribution in [0.15, 0.2) is 48.7 Å². The van der Waals surface area contributed by atoms with Gasteiger partial charge in [-0.15, -0.1) is 0 Å². The maximum atomic E-state index is 13.5. The average Bonchev–Trinajstić information content (AvgIpc) is 3.38. The third-order valence-corrected chi connectivity index (χ3v) is 5.39. The van der Waals surface area contributed by atoms with E-state index in [2.05, 4.69) is 27.1 Å². The smallest absolute Gasteiger partial charge is 0.173 e. The summed E-state index contributed by atoms with van der Waals surface area (Å²) in [5.41, 5.74) is 2.71. The lowest BCUT2D eigenvalue weighted by atomic mass is 10.1. The first kappa shape index (κ1) is 20.4. The number of aryl methyl sites for hydroxylation is 1. The van der Waals surface area contributed by atoms with E-state index in [1.807, 2.05) is 43.1 Å². The summed E-state index contributed by atoms with van der Waals surface area (Å²) in [5.74, 6) is 2.74. The van der Waals surface area contributed by atoms with Crippen LogP contribution in [0.3, 0.4) is 0 Å². The number of hydrogen-bond acceptors (Lipinski definition) is 6. The Balaban J connectivity index is 1.71. The molecule has 9 heteroatoms. The summed E-state index contributed by atoms with van der Waals surface area (Å²) >= 11 is 1.81. The predicted octanol–water partition coefficient (Wildman–Crippen LogP) is 4.08. The van der Waals surface area contributed by atoms with Gasteiger partial charge in [0.2, 0.25) is 0 Å². The van der Waals surface area contributed by atoms with Crippen LogP contribution in [0.5, 0.6) is 0 Å². The van der Waals surface area contributed by atoms with Gasteiger partial charge in [-0.25, -0.2) is 13.9 Å². The van der Waals surface area contributed by atoms with E-state index in [4.69, 9.17) is 10.1 Å². The van der Waals surface area contributed by atoms with Gasteiger partial charge in [-0.1, -0.05) is 12.1 Å². The Hall–Kier alpha value is -2.91. The number of thioether (sulfide) groups is 1. The lowest BCUT2D eigenvalue weighted by Gasteiger charge is -2.19. The summed E-state index contributed by atoms with van der Waals surface area (Å²) in [6.07, 6.45) is 4.99. The molecule has 1 unspecified atom stereocenters.